The van der Waals surface area contributed by atoms with Crippen molar-refractivity contribution in [3.8, 4) is 5.75 Å². The van der Waals surface area contributed by atoms with E-state index in [2.05, 4.69) is 21.2 Å². The summed E-state index contributed by atoms with van der Waals surface area (Å²) in [6.45, 7) is 0.300. The molecular formula is C13H15BrN2O4. The van der Waals surface area contributed by atoms with E-state index in [1.165, 1.54) is 7.11 Å². The molecule has 1 aromatic carbocycles. The summed E-state index contributed by atoms with van der Waals surface area (Å²) >= 11 is 3.29. The van der Waals surface area contributed by atoms with Gasteiger partial charge in [0.2, 0.25) is 0 Å². The molecule has 108 valence electrons. The van der Waals surface area contributed by atoms with Gasteiger partial charge in [-0.1, -0.05) is 0 Å². The van der Waals surface area contributed by atoms with Crippen molar-refractivity contribution < 1.29 is 19.5 Å². The summed E-state index contributed by atoms with van der Waals surface area (Å²) in [7, 11) is 1.51. The number of carbonyl (C=O) groups excluding carboxylic acids is 2. The molecule has 0 aliphatic carbocycles. The van der Waals surface area contributed by atoms with Gasteiger partial charge in [-0.05, 0) is 47.0 Å². The number of hydrogen-bond acceptors (Lipinski definition) is 4. The highest BCUT2D eigenvalue weighted by Gasteiger charge is 2.29. The van der Waals surface area contributed by atoms with Gasteiger partial charge in [-0.25, -0.2) is 5.06 Å². The second kappa shape index (κ2) is 6.23. The Kier molecular flexibility index (Phi) is 4.61. The Hall–Kier alpha value is -1.60. The third-order valence-corrected chi connectivity index (χ3v) is 3.83. The van der Waals surface area contributed by atoms with Gasteiger partial charge in [0.1, 0.15) is 11.8 Å². The van der Waals surface area contributed by atoms with Gasteiger partial charge in [-0.3, -0.25) is 14.8 Å². The number of piperidine rings is 1. The van der Waals surface area contributed by atoms with Crippen LogP contribution >= 0.6 is 15.9 Å². The molecule has 0 radical (unpaired) electrons. The van der Waals surface area contributed by atoms with Crippen molar-refractivity contribution >= 4 is 27.7 Å². The highest BCUT2D eigenvalue weighted by atomic mass is 79.9. The minimum atomic E-state index is -0.695. The number of ether oxygens (including phenoxy) is 1. The molecule has 0 bridgehead atoms. The fraction of sp³-hybridized carbons (Fsp3) is 0.385. The SMILES string of the molecule is COc1ccc(Br)c(C(=O)NC2CCCN(O)C2=O)c1. The maximum atomic E-state index is 12.2. The zero-order valence-corrected chi connectivity index (χ0v) is 12.5. The van der Waals surface area contributed by atoms with Crippen molar-refractivity contribution in [2.75, 3.05) is 13.7 Å². The van der Waals surface area contributed by atoms with Crippen LogP contribution in [0.5, 0.6) is 5.75 Å². The second-order valence-electron chi connectivity index (χ2n) is 4.48. The van der Waals surface area contributed by atoms with Crippen LogP contribution in [-0.4, -0.2) is 41.8 Å². The van der Waals surface area contributed by atoms with Gasteiger partial charge >= 0.3 is 0 Å². The van der Waals surface area contributed by atoms with Crippen molar-refractivity contribution in [1.82, 2.24) is 10.4 Å². The van der Waals surface area contributed by atoms with Gasteiger partial charge in [0.25, 0.3) is 11.8 Å². The van der Waals surface area contributed by atoms with Gasteiger partial charge in [-0.15, -0.1) is 0 Å². The van der Waals surface area contributed by atoms with Crippen molar-refractivity contribution in [3.05, 3.63) is 28.2 Å². The van der Waals surface area contributed by atoms with Gasteiger partial charge in [0.15, 0.2) is 0 Å². The number of nitrogens with zero attached hydrogens (tertiary/aromatic N) is 1. The third kappa shape index (κ3) is 3.10. The molecule has 0 spiro atoms. The van der Waals surface area contributed by atoms with Gasteiger partial charge in [0.05, 0.1) is 12.7 Å². The highest BCUT2D eigenvalue weighted by molar-refractivity contribution is 9.10. The van der Waals surface area contributed by atoms with E-state index in [4.69, 9.17) is 4.74 Å². The number of nitrogens with one attached hydrogen (secondary N) is 1. The molecule has 1 unspecified atom stereocenters. The molecule has 1 fully saturated rings. The third-order valence-electron chi connectivity index (χ3n) is 3.14. The van der Waals surface area contributed by atoms with Gasteiger partial charge in [0, 0.05) is 11.0 Å². The predicted octanol–water partition coefficient (Wildman–Crippen LogP) is 1.57. The van der Waals surface area contributed by atoms with E-state index in [0.29, 0.717) is 40.2 Å². The quantitative estimate of drug-likeness (QED) is 0.817. The molecule has 2 rings (SSSR count). The summed E-state index contributed by atoms with van der Waals surface area (Å²) in [6.07, 6.45) is 1.16. The van der Waals surface area contributed by atoms with Crippen LogP contribution in [0.15, 0.2) is 22.7 Å². The molecule has 1 heterocycles. The number of rotatable bonds is 3. The maximum Gasteiger partial charge on any atom is 0.268 e. The zero-order chi connectivity index (χ0) is 14.7. The molecule has 20 heavy (non-hydrogen) atoms. The fourth-order valence-electron chi connectivity index (χ4n) is 2.03. The molecule has 1 aromatic rings. The number of halogens is 1. The Morgan fingerprint density at radius 3 is 3.00 bits per heavy atom. The Morgan fingerprint density at radius 1 is 1.55 bits per heavy atom. The van der Waals surface area contributed by atoms with Gasteiger partial charge < -0.3 is 10.1 Å². The van der Waals surface area contributed by atoms with Crippen LogP contribution in [0, 0.1) is 0 Å². The van der Waals surface area contributed by atoms with E-state index in [1.54, 1.807) is 18.2 Å². The summed E-state index contributed by atoms with van der Waals surface area (Å²) in [5.74, 6) is -0.315. The molecule has 0 saturated carbocycles. The molecule has 2 amide bonds. The van der Waals surface area contributed by atoms with Crippen LogP contribution in [0.4, 0.5) is 0 Å². The largest absolute Gasteiger partial charge is 0.497 e. The first-order chi connectivity index (χ1) is 9.52. The average Bonchev–Trinajstić information content (AvgIpc) is 2.44. The maximum absolute atomic E-state index is 12.2. The molecule has 7 heteroatoms. The lowest BCUT2D eigenvalue weighted by atomic mass is 10.1. The zero-order valence-electron chi connectivity index (χ0n) is 10.9. The van der Waals surface area contributed by atoms with E-state index in [1.807, 2.05) is 0 Å². The first kappa shape index (κ1) is 14.8. The summed E-state index contributed by atoms with van der Waals surface area (Å²) in [5, 5.41) is 12.7. The van der Waals surface area contributed by atoms with Gasteiger partial charge in [-0.2, -0.15) is 0 Å². The van der Waals surface area contributed by atoms with E-state index >= 15 is 0 Å². The molecule has 2 N–H and O–H groups in total. The average molecular weight is 343 g/mol. The Balaban J connectivity index is 2.13. The number of hydroxylamine groups is 2. The number of methoxy groups -OCH3 is 1. The van der Waals surface area contributed by atoms with E-state index in [9.17, 15) is 14.8 Å². The first-order valence-corrected chi connectivity index (χ1v) is 6.97. The Bertz CT molecular complexity index is 535. The molecule has 6 nitrogen and oxygen atoms in total. The van der Waals surface area contributed by atoms with Crippen LogP contribution in [0.25, 0.3) is 0 Å². The van der Waals surface area contributed by atoms with E-state index in [-0.39, 0.29) is 5.91 Å². The van der Waals surface area contributed by atoms with Crippen molar-refractivity contribution in [3.63, 3.8) is 0 Å². The monoisotopic (exact) mass is 342 g/mol. The van der Waals surface area contributed by atoms with Crippen molar-refractivity contribution in [2.24, 2.45) is 0 Å². The standard InChI is InChI=1S/C13H15BrN2O4/c1-20-8-4-5-10(14)9(7-8)12(17)15-11-3-2-6-16(19)13(11)18/h4-5,7,11,19H,2-3,6H2,1H3,(H,15,17). The summed E-state index contributed by atoms with van der Waals surface area (Å²) in [6, 6.07) is 4.32. The summed E-state index contributed by atoms with van der Waals surface area (Å²) in [4.78, 5) is 23.9. The summed E-state index contributed by atoms with van der Waals surface area (Å²) < 4.78 is 5.68. The lowest BCUT2D eigenvalue weighted by Crippen LogP contribution is -2.51. The smallest absolute Gasteiger partial charge is 0.268 e. The summed E-state index contributed by atoms with van der Waals surface area (Å²) in [5.41, 5.74) is 0.382. The number of benzene rings is 1. The molecular weight excluding hydrogens is 328 g/mol. The van der Waals surface area contributed by atoms with Crippen LogP contribution in [0.3, 0.4) is 0 Å². The van der Waals surface area contributed by atoms with Crippen LogP contribution in [-0.2, 0) is 4.79 Å². The molecule has 1 aliphatic heterocycles. The minimum Gasteiger partial charge on any atom is -0.497 e. The Labute approximate surface area is 124 Å². The highest BCUT2D eigenvalue weighted by Crippen LogP contribution is 2.23. The predicted molar refractivity (Wildman–Crippen MR) is 74.7 cm³/mol. The second-order valence-corrected chi connectivity index (χ2v) is 5.33. The molecule has 1 saturated heterocycles. The van der Waals surface area contributed by atoms with Crippen LogP contribution < -0.4 is 10.1 Å². The van der Waals surface area contributed by atoms with Crippen molar-refractivity contribution in [2.45, 2.75) is 18.9 Å². The molecule has 1 aliphatic rings. The number of carbonyl (C=O) groups is 2. The first-order valence-electron chi connectivity index (χ1n) is 6.17. The fourth-order valence-corrected chi connectivity index (χ4v) is 2.46. The number of hydrogen-bond donors (Lipinski definition) is 2. The number of amides is 2. The minimum absolute atomic E-state index is 0.300. The molecule has 1 atom stereocenters. The van der Waals surface area contributed by atoms with Crippen LogP contribution in [0.2, 0.25) is 0 Å². The molecule has 0 aromatic heterocycles. The van der Waals surface area contributed by atoms with E-state index in [0.717, 1.165) is 0 Å². The lowest BCUT2D eigenvalue weighted by Gasteiger charge is -2.27. The topological polar surface area (TPSA) is 78.9 Å². The lowest BCUT2D eigenvalue weighted by molar-refractivity contribution is -0.172. The van der Waals surface area contributed by atoms with Crippen molar-refractivity contribution in [1.29, 1.82) is 0 Å². The van der Waals surface area contributed by atoms with Crippen LogP contribution in [0.1, 0.15) is 23.2 Å². The van der Waals surface area contributed by atoms with E-state index < -0.39 is 11.9 Å². The Morgan fingerprint density at radius 2 is 2.30 bits per heavy atom. The normalized spacial score (nSPS) is 18.9.